The third-order valence-electron chi connectivity index (χ3n) is 3.36. The van der Waals surface area contributed by atoms with Crippen LogP contribution in [0.15, 0.2) is 35.6 Å². The number of nitrogens with zero attached hydrogens (tertiary/aromatic N) is 2. The third-order valence-corrected chi connectivity index (χ3v) is 3.36. The lowest BCUT2D eigenvalue weighted by atomic mass is 10.1. The molecule has 0 unspecified atom stereocenters. The number of amides is 1. The molecule has 0 saturated heterocycles. The summed E-state index contributed by atoms with van der Waals surface area (Å²) in [6, 6.07) is 7.18. The van der Waals surface area contributed by atoms with Crippen LogP contribution in [-0.4, -0.2) is 30.9 Å². The van der Waals surface area contributed by atoms with Gasteiger partial charge in [0.25, 0.3) is 5.91 Å². The Morgan fingerprint density at radius 3 is 2.64 bits per heavy atom. The lowest BCUT2D eigenvalue weighted by Crippen LogP contribution is -2.20. The number of carbonyl (C=O) groups excluding carboxylic acids is 1. The molecule has 0 atom stereocenters. The number of nitrogens with one attached hydrogen (secondary N) is 1. The molecule has 0 spiro atoms. The predicted molar refractivity (Wildman–Crippen MR) is 84.8 cm³/mol. The van der Waals surface area contributed by atoms with Gasteiger partial charge in [0.15, 0.2) is 0 Å². The van der Waals surface area contributed by atoms with Crippen molar-refractivity contribution in [3.63, 3.8) is 0 Å². The number of methoxy groups -OCH3 is 2. The first-order valence-corrected chi connectivity index (χ1v) is 6.74. The van der Waals surface area contributed by atoms with Crippen LogP contribution in [0.2, 0.25) is 0 Å². The van der Waals surface area contributed by atoms with Gasteiger partial charge in [-0.25, -0.2) is 5.43 Å². The van der Waals surface area contributed by atoms with Gasteiger partial charge in [-0.3, -0.25) is 4.79 Å². The number of rotatable bonds is 5. The van der Waals surface area contributed by atoms with Crippen LogP contribution >= 0.6 is 0 Å². The smallest absolute Gasteiger partial charge is 0.287 e. The molecule has 0 bridgehead atoms. The first-order chi connectivity index (χ1) is 10.6. The van der Waals surface area contributed by atoms with Crippen LogP contribution in [-0.2, 0) is 7.05 Å². The van der Waals surface area contributed by atoms with Crippen molar-refractivity contribution in [3.8, 4) is 11.5 Å². The van der Waals surface area contributed by atoms with Gasteiger partial charge in [-0.1, -0.05) is 0 Å². The number of hydrogen-bond donors (Lipinski definition) is 1. The molecule has 1 aromatic carbocycles. The molecule has 0 aliphatic heterocycles. The molecule has 1 heterocycles. The SMILES string of the molecule is COc1ccc(/C=N/NC(=O)c2cccn2C)c(OC)c1C. The second-order valence-corrected chi connectivity index (χ2v) is 4.72. The molecular weight excluding hydrogens is 282 g/mol. The van der Waals surface area contributed by atoms with Gasteiger partial charge in [0.05, 0.1) is 20.4 Å². The Labute approximate surface area is 129 Å². The summed E-state index contributed by atoms with van der Waals surface area (Å²) in [5, 5.41) is 3.99. The lowest BCUT2D eigenvalue weighted by molar-refractivity contribution is 0.0947. The number of aromatic nitrogens is 1. The van der Waals surface area contributed by atoms with Gasteiger partial charge < -0.3 is 14.0 Å². The Balaban J connectivity index is 2.15. The van der Waals surface area contributed by atoms with Gasteiger partial charge in [-0.05, 0) is 31.2 Å². The number of benzene rings is 1. The number of hydrazone groups is 1. The Kier molecular flexibility index (Phi) is 4.83. The largest absolute Gasteiger partial charge is 0.496 e. The van der Waals surface area contributed by atoms with Crippen molar-refractivity contribution in [2.24, 2.45) is 12.1 Å². The Bertz CT molecular complexity index is 705. The minimum Gasteiger partial charge on any atom is -0.496 e. The van der Waals surface area contributed by atoms with Gasteiger partial charge in [0.1, 0.15) is 17.2 Å². The first kappa shape index (κ1) is 15.6. The van der Waals surface area contributed by atoms with Gasteiger partial charge >= 0.3 is 0 Å². The highest BCUT2D eigenvalue weighted by molar-refractivity contribution is 5.94. The predicted octanol–water partition coefficient (Wildman–Crippen LogP) is 2.11. The topological polar surface area (TPSA) is 64.8 Å². The molecule has 2 rings (SSSR count). The summed E-state index contributed by atoms with van der Waals surface area (Å²) in [5.41, 5.74) is 4.67. The molecule has 22 heavy (non-hydrogen) atoms. The molecule has 0 saturated carbocycles. The summed E-state index contributed by atoms with van der Waals surface area (Å²) < 4.78 is 12.4. The van der Waals surface area contributed by atoms with Crippen molar-refractivity contribution in [1.82, 2.24) is 9.99 Å². The zero-order chi connectivity index (χ0) is 16.1. The highest BCUT2D eigenvalue weighted by Gasteiger charge is 2.10. The van der Waals surface area contributed by atoms with E-state index in [1.165, 1.54) is 0 Å². The fourth-order valence-corrected chi connectivity index (χ4v) is 2.20. The van der Waals surface area contributed by atoms with E-state index >= 15 is 0 Å². The quantitative estimate of drug-likeness (QED) is 0.679. The Morgan fingerprint density at radius 2 is 2.05 bits per heavy atom. The van der Waals surface area contributed by atoms with E-state index in [1.54, 1.807) is 50.4 Å². The van der Waals surface area contributed by atoms with Crippen molar-refractivity contribution >= 4 is 12.1 Å². The maximum atomic E-state index is 11.9. The van der Waals surface area contributed by atoms with Crippen LogP contribution < -0.4 is 14.9 Å². The standard InChI is InChI=1S/C16H19N3O3/c1-11-14(21-3)8-7-12(15(11)22-4)10-17-18-16(20)13-6-5-9-19(13)2/h5-10H,1-4H3,(H,18,20)/b17-10+. The highest BCUT2D eigenvalue weighted by Crippen LogP contribution is 2.30. The first-order valence-electron chi connectivity index (χ1n) is 6.74. The van der Waals surface area contributed by atoms with Crippen LogP contribution in [0.5, 0.6) is 11.5 Å². The molecule has 0 aliphatic rings. The highest BCUT2D eigenvalue weighted by atomic mass is 16.5. The average Bonchev–Trinajstić information content (AvgIpc) is 2.93. The molecule has 116 valence electrons. The lowest BCUT2D eigenvalue weighted by Gasteiger charge is -2.11. The van der Waals surface area contributed by atoms with E-state index in [0.29, 0.717) is 11.4 Å². The average molecular weight is 301 g/mol. The molecule has 6 nitrogen and oxygen atoms in total. The van der Waals surface area contributed by atoms with Crippen LogP contribution in [0.4, 0.5) is 0 Å². The summed E-state index contributed by atoms with van der Waals surface area (Å²) in [6.07, 6.45) is 3.35. The molecule has 0 fully saturated rings. The van der Waals surface area contributed by atoms with E-state index in [-0.39, 0.29) is 5.91 Å². The molecule has 0 aliphatic carbocycles. The summed E-state index contributed by atoms with van der Waals surface area (Å²) in [6.45, 7) is 1.90. The molecular formula is C16H19N3O3. The number of ether oxygens (including phenoxy) is 2. The van der Waals surface area contributed by atoms with Crippen LogP contribution in [0, 0.1) is 6.92 Å². The van der Waals surface area contributed by atoms with Crippen molar-refractivity contribution in [1.29, 1.82) is 0 Å². The minimum absolute atomic E-state index is 0.270. The second-order valence-electron chi connectivity index (χ2n) is 4.72. The number of aryl methyl sites for hydroxylation is 1. The second kappa shape index (κ2) is 6.80. The monoisotopic (exact) mass is 301 g/mol. The molecule has 1 aromatic heterocycles. The molecule has 1 N–H and O–H groups in total. The van der Waals surface area contributed by atoms with Gasteiger partial charge in [0.2, 0.25) is 0 Å². The maximum Gasteiger partial charge on any atom is 0.287 e. The van der Waals surface area contributed by atoms with Crippen molar-refractivity contribution < 1.29 is 14.3 Å². The van der Waals surface area contributed by atoms with Crippen LogP contribution in [0.1, 0.15) is 21.6 Å². The summed E-state index contributed by atoms with van der Waals surface area (Å²) >= 11 is 0. The molecule has 2 aromatic rings. The van der Waals surface area contributed by atoms with Gasteiger partial charge in [-0.2, -0.15) is 5.10 Å². The Morgan fingerprint density at radius 1 is 1.27 bits per heavy atom. The number of carbonyl (C=O) groups is 1. The van der Waals surface area contributed by atoms with E-state index in [0.717, 1.165) is 16.9 Å². The summed E-state index contributed by atoms with van der Waals surface area (Å²) in [4.78, 5) is 11.9. The third kappa shape index (κ3) is 3.11. The minimum atomic E-state index is -0.270. The molecule has 1 amide bonds. The van der Waals surface area contributed by atoms with Crippen LogP contribution in [0.3, 0.4) is 0 Å². The van der Waals surface area contributed by atoms with E-state index in [9.17, 15) is 4.79 Å². The normalized spacial score (nSPS) is 10.7. The zero-order valence-electron chi connectivity index (χ0n) is 13.1. The molecule has 6 heteroatoms. The number of hydrogen-bond acceptors (Lipinski definition) is 4. The van der Waals surface area contributed by atoms with Crippen LogP contribution in [0.25, 0.3) is 0 Å². The van der Waals surface area contributed by atoms with Crippen molar-refractivity contribution in [2.75, 3.05) is 14.2 Å². The summed E-state index contributed by atoms with van der Waals surface area (Å²) in [7, 11) is 4.99. The molecule has 0 radical (unpaired) electrons. The Hall–Kier alpha value is -2.76. The van der Waals surface area contributed by atoms with E-state index in [1.807, 2.05) is 19.1 Å². The van der Waals surface area contributed by atoms with E-state index in [4.69, 9.17) is 9.47 Å². The van der Waals surface area contributed by atoms with Gasteiger partial charge in [0, 0.05) is 24.4 Å². The summed E-state index contributed by atoms with van der Waals surface area (Å²) in [5.74, 6) is 1.13. The van der Waals surface area contributed by atoms with E-state index < -0.39 is 0 Å². The van der Waals surface area contributed by atoms with Gasteiger partial charge in [-0.15, -0.1) is 0 Å². The zero-order valence-corrected chi connectivity index (χ0v) is 13.1. The maximum absolute atomic E-state index is 11.9. The fourth-order valence-electron chi connectivity index (χ4n) is 2.20. The van der Waals surface area contributed by atoms with Crippen molar-refractivity contribution in [3.05, 3.63) is 47.3 Å². The van der Waals surface area contributed by atoms with E-state index in [2.05, 4.69) is 10.5 Å². The van der Waals surface area contributed by atoms with Crippen molar-refractivity contribution in [2.45, 2.75) is 6.92 Å². The fraction of sp³-hybridized carbons (Fsp3) is 0.250.